The van der Waals surface area contributed by atoms with Crippen molar-refractivity contribution in [1.29, 1.82) is 0 Å². The van der Waals surface area contributed by atoms with Crippen LogP contribution < -0.4 is 5.32 Å². The van der Waals surface area contributed by atoms with E-state index in [2.05, 4.69) is 23.3 Å². The zero-order valence-corrected chi connectivity index (χ0v) is 13.7. The van der Waals surface area contributed by atoms with Gasteiger partial charge in [-0.1, -0.05) is 55.8 Å². The molecule has 0 unspecified atom stereocenters. The fourth-order valence-corrected chi connectivity index (χ4v) is 3.74. The molecule has 1 heterocycles. The number of rotatable bonds is 4. The van der Waals surface area contributed by atoms with Gasteiger partial charge in [0, 0.05) is 11.4 Å². The SMILES string of the molecule is C[C@H]1CCCC[C@@H]1NC(=O)CSc1ccc2ccccc2n1. The van der Waals surface area contributed by atoms with Gasteiger partial charge in [-0.2, -0.15) is 0 Å². The Kier molecular flexibility index (Phi) is 4.98. The van der Waals surface area contributed by atoms with E-state index in [9.17, 15) is 4.79 Å². The van der Waals surface area contributed by atoms with Crippen LogP contribution in [-0.2, 0) is 4.79 Å². The maximum Gasteiger partial charge on any atom is 0.230 e. The van der Waals surface area contributed by atoms with Crippen LogP contribution >= 0.6 is 11.8 Å². The number of thioether (sulfide) groups is 1. The van der Waals surface area contributed by atoms with Gasteiger partial charge in [0.05, 0.1) is 16.3 Å². The van der Waals surface area contributed by atoms with Crippen LogP contribution in [0.3, 0.4) is 0 Å². The Balaban J connectivity index is 1.55. The number of hydrogen-bond donors (Lipinski definition) is 1. The summed E-state index contributed by atoms with van der Waals surface area (Å²) in [7, 11) is 0. The van der Waals surface area contributed by atoms with E-state index in [1.165, 1.54) is 31.0 Å². The minimum Gasteiger partial charge on any atom is -0.352 e. The molecule has 0 aliphatic heterocycles. The molecule has 0 bridgehead atoms. The first-order chi connectivity index (χ1) is 10.7. The number of nitrogens with zero attached hydrogens (tertiary/aromatic N) is 1. The zero-order valence-electron chi connectivity index (χ0n) is 12.9. The van der Waals surface area contributed by atoms with Crippen LogP contribution in [0.4, 0.5) is 0 Å². The highest BCUT2D eigenvalue weighted by Crippen LogP contribution is 2.24. The third-order valence-electron chi connectivity index (χ3n) is 4.38. The van der Waals surface area contributed by atoms with Crippen molar-refractivity contribution >= 4 is 28.6 Å². The molecule has 3 nitrogen and oxygen atoms in total. The molecule has 1 N–H and O–H groups in total. The van der Waals surface area contributed by atoms with Crippen LogP contribution in [0.5, 0.6) is 0 Å². The molecule has 1 aliphatic rings. The summed E-state index contributed by atoms with van der Waals surface area (Å²) in [6, 6.07) is 12.5. The average molecular weight is 314 g/mol. The Morgan fingerprint density at radius 2 is 2.05 bits per heavy atom. The van der Waals surface area contributed by atoms with Crippen molar-refractivity contribution in [1.82, 2.24) is 10.3 Å². The molecule has 3 rings (SSSR count). The predicted octanol–water partition coefficient (Wildman–Crippen LogP) is 4.02. The minimum atomic E-state index is 0.124. The fourth-order valence-electron chi connectivity index (χ4n) is 3.05. The number of amides is 1. The summed E-state index contributed by atoms with van der Waals surface area (Å²) >= 11 is 1.51. The van der Waals surface area contributed by atoms with Crippen LogP contribution in [0.15, 0.2) is 41.4 Å². The van der Waals surface area contributed by atoms with Crippen LogP contribution in [0.2, 0.25) is 0 Å². The van der Waals surface area contributed by atoms with Crippen molar-refractivity contribution in [3.63, 3.8) is 0 Å². The van der Waals surface area contributed by atoms with E-state index in [4.69, 9.17) is 0 Å². The maximum atomic E-state index is 12.1. The van der Waals surface area contributed by atoms with Crippen molar-refractivity contribution in [3.05, 3.63) is 36.4 Å². The minimum absolute atomic E-state index is 0.124. The van der Waals surface area contributed by atoms with Crippen molar-refractivity contribution in [2.24, 2.45) is 5.92 Å². The smallest absolute Gasteiger partial charge is 0.230 e. The quantitative estimate of drug-likeness (QED) is 0.867. The number of fused-ring (bicyclic) bond motifs is 1. The molecule has 0 saturated heterocycles. The summed E-state index contributed by atoms with van der Waals surface area (Å²) < 4.78 is 0. The normalized spacial score (nSPS) is 21.7. The lowest BCUT2D eigenvalue weighted by Crippen LogP contribution is -2.41. The Bertz CT molecular complexity index is 658. The second-order valence-corrected chi connectivity index (χ2v) is 7.06. The van der Waals surface area contributed by atoms with E-state index >= 15 is 0 Å². The number of benzene rings is 1. The number of carbonyl (C=O) groups excluding carboxylic acids is 1. The van der Waals surface area contributed by atoms with Crippen LogP contribution in [0.1, 0.15) is 32.6 Å². The van der Waals surface area contributed by atoms with Gasteiger partial charge in [-0.15, -0.1) is 0 Å². The topological polar surface area (TPSA) is 42.0 Å². The monoisotopic (exact) mass is 314 g/mol. The molecule has 116 valence electrons. The van der Waals surface area contributed by atoms with E-state index in [0.717, 1.165) is 22.3 Å². The van der Waals surface area contributed by atoms with Crippen LogP contribution in [-0.4, -0.2) is 22.7 Å². The van der Waals surface area contributed by atoms with Gasteiger partial charge >= 0.3 is 0 Å². The molecule has 1 amide bonds. The summed E-state index contributed by atoms with van der Waals surface area (Å²) in [4.78, 5) is 16.7. The molecule has 2 aromatic rings. The fraction of sp³-hybridized carbons (Fsp3) is 0.444. The zero-order chi connectivity index (χ0) is 15.4. The molecule has 1 aliphatic carbocycles. The van der Waals surface area contributed by atoms with Crippen molar-refractivity contribution < 1.29 is 4.79 Å². The van der Waals surface area contributed by atoms with Crippen molar-refractivity contribution in [2.75, 3.05) is 5.75 Å². The van der Waals surface area contributed by atoms with Gasteiger partial charge in [-0.25, -0.2) is 4.98 Å². The molecule has 22 heavy (non-hydrogen) atoms. The van der Waals surface area contributed by atoms with Gasteiger partial charge < -0.3 is 5.32 Å². The van der Waals surface area contributed by atoms with Gasteiger partial charge in [0.1, 0.15) is 0 Å². The third kappa shape index (κ3) is 3.80. The number of aromatic nitrogens is 1. The summed E-state index contributed by atoms with van der Waals surface area (Å²) in [5, 5.41) is 5.23. The number of nitrogens with one attached hydrogen (secondary N) is 1. The summed E-state index contributed by atoms with van der Waals surface area (Å²) in [5.41, 5.74) is 0.980. The van der Waals surface area contributed by atoms with E-state index in [0.29, 0.717) is 17.7 Å². The summed E-state index contributed by atoms with van der Waals surface area (Å²) in [6.45, 7) is 2.24. The molecule has 1 aromatic carbocycles. The molecule has 2 atom stereocenters. The molecule has 0 radical (unpaired) electrons. The number of pyridine rings is 1. The summed E-state index contributed by atoms with van der Waals surface area (Å²) in [6.07, 6.45) is 4.87. The second kappa shape index (κ2) is 7.14. The Morgan fingerprint density at radius 1 is 1.23 bits per heavy atom. The molecule has 4 heteroatoms. The summed E-state index contributed by atoms with van der Waals surface area (Å²) in [5.74, 6) is 1.16. The molecular weight excluding hydrogens is 292 g/mol. The first-order valence-electron chi connectivity index (χ1n) is 8.00. The average Bonchev–Trinajstić information content (AvgIpc) is 2.55. The third-order valence-corrected chi connectivity index (χ3v) is 5.31. The lowest BCUT2D eigenvalue weighted by atomic mass is 9.86. The van der Waals surface area contributed by atoms with E-state index in [-0.39, 0.29) is 5.91 Å². The Hall–Kier alpha value is -1.55. The Labute approximate surface area is 135 Å². The van der Waals surface area contributed by atoms with E-state index < -0.39 is 0 Å². The number of carbonyl (C=O) groups is 1. The molecule has 1 aromatic heterocycles. The van der Waals surface area contributed by atoms with Crippen molar-refractivity contribution in [3.8, 4) is 0 Å². The largest absolute Gasteiger partial charge is 0.352 e. The van der Waals surface area contributed by atoms with Gasteiger partial charge in [0.25, 0.3) is 0 Å². The standard InChI is InChI=1S/C18H22N2OS/c1-13-6-2-4-8-15(13)19-17(21)12-22-18-11-10-14-7-3-5-9-16(14)20-18/h3,5,7,9-11,13,15H,2,4,6,8,12H2,1H3,(H,19,21)/t13-,15-/m0/s1. The molecular formula is C18H22N2OS. The first kappa shape index (κ1) is 15.3. The second-order valence-electron chi connectivity index (χ2n) is 6.07. The Morgan fingerprint density at radius 3 is 2.91 bits per heavy atom. The highest BCUT2D eigenvalue weighted by molar-refractivity contribution is 7.99. The van der Waals surface area contributed by atoms with Crippen molar-refractivity contribution in [2.45, 2.75) is 43.7 Å². The maximum absolute atomic E-state index is 12.1. The van der Waals surface area contributed by atoms with Gasteiger partial charge in [0.15, 0.2) is 0 Å². The predicted molar refractivity (Wildman–Crippen MR) is 92.0 cm³/mol. The lowest BCUT2D eigenvalue weighted by Gasteiger charge is -2.29. The molecule has 0 spiro atoms. The molecule has 1 fully saturated rings. The highest BCUT2D eigenvalue weighted by atomic mass is 32.2. The lowest BCUT2D eigenvalue weighted by molar-refractivity contribution is -0.119. The highest BCUT2D eigenvalue weighted by Gasteiger charge is 2.22. The molecule has 1 saturated carbocycles. The number of hydrogen-bond acceptors (Lipinski definition) is 3. The first-order valence-corrected chi connectivity index (χ1v) is 8.99. The van der Waals surface area contributed by atoms with Crippen LogP contribution in [0, 0.1) is 5.92 Å². The number of para-hydroxylation sites is 1. The van der Waals surface area contributed by atoms with E-state index in [1.807, 2.05) is 30.3 Å². The van der Waals surface area contributed by atoms with E-state index in [1.54, 1.807) is 0 Å². The van der Waals surface area contributed by atoms with Gasteiger partial charge in [0.2, 0.25) is 5.91 Å². The van der Waals surface area contributed by atoms with Crippen LogP contribution in [0.25, 0.3) is 10.9 Å². The van der Waals surface area contributed by atoms with Gasteiger partial charge in [-0.3, -0.25) is 4.79 Å². The van der Waals surface area contributed by atoms with Gasteiger partial charge in [-0.05, 0) is 30.9 Å².